The largest absolute Gasteiger partial charge is 0.309 e. The van der Waals surface area contributed by atoms with E-state index in [1.165, 1.54) is 21.9 Å². The van der Waals surface area contributed by atoms with Crippen LogP contribution in [-0.4, -0.2) is 0 Å². The lowest BCUT2D eigenvalue weighted by molar-refractivity contribution is 1.30. The molecule has 0 heterocycles. The molecule has 5 aromatic carbocycles. The van der Waals surface area contributed by atoms with Gasteiger partial charge in [0.05, 0.1) is 11.4 Å². The molecule has 0 fully saturated rings. The molecule has 0 aliphatic rings. The van der Waals surface area contributed by atoms with Crippen LogP contribution in [0.2, 0.25) is 5.02 Å². The molecule has 30 heavy (non-hydrogen) atoms. The Kier molecular flexibility index (Phi) is 4.96. The van der Waals surface area contributed by atoms with Crippen LogP contribution in [0.3, 0.4) is 0 Å². The molecular weight excluding hydrogens is 386 g/mol. The Hall–Kier alpha value is -3.55. The van der Waals surface area contributed by atoms with Gasteiger partial charge in [0.1, 0.15) is 0 Å². The van der Waals surface area contributed by atoms with Crippen LogP contribution in [0, 0.1) is 0 Å². The quantitative estimate of drug-likeness (QED) is 0.289. The highest BCUT2D eigenvalue weighted by molar-refractivity contribution is 6.30. The van der Waals surface area contributed by atoms with Crippen LogP contribution in [0.15, 0.2) is 121 Å². The summed E-state index contributed by atoms with van der Waals surface area (Å²) in [6.45, 7) is 0. The number of hydrogen-bond donors (Lipinski definition) is 0. The lowest BCUT2D eigenvalue weighted by Gasteiger charge is -2.29. The maximum absolute atomic E-state index is 6.41. The zero-order chi connectivity index (χ0) is 20.3. The second-order valence-corrected chi connectivity index (χ2v) is 7.63. The van der Waals surface area contributed by atoms with Gasteiger partial charge in [-0.05, 0) is 41.3 Å². The van der Waals surface area contributed by atoms with Gasteiger partial charge in [0, 0.05) is 21.7 Å². The van der Waals surface area contributed by atoms with Crippen LogP contribution in [-0.2, 0) is 0 Å². The Balaban J connectivity index is 1.81. The van der Waals surface area contributed by atoms with Crippen LogP contribution < -0.4 is 4.90 Å². The molecule has 0 aliphatic heterocycles. The Bertz CT molecular complexity index is 1310. The van der Waals surface area contributed by atoms with Crippen LogP contribution >= 0.6 is 11.6 Å². The third-order valence-corrected chi connectivity index (χ3v) is 5.54. The topological polar surface area (TPSA) is 3.24 Å². The van der Waals surface area contributed by atoms with Crippen molar-refractivity contribution in [3.8, 4) is 11.1 Å². The number of rotatable bonds is 4. The van der Waals surface area contributed by atoms with Crippen molar-refractivity contribution in [2.45, 2.75) is 0 Å². The van der Waals surface area contributed by atoms with E-state index in [0.29, 0.717) is 0 Å². The maximum Gasteiger partial charge on any atom is 0.0540 e. The minimum atomic E-state index is 0.718. The first-order valence-electron chi connectivity index (χ1n) is 9.99. The average molecular weight is 406 g/mol. The maximum atomic E-state index is 6.41. The van der Waals surface area contributed by atoms with E-state index in [1.807, 2.05) is 24.3 Å². The molecule has 5 aromatic rings. The van der Waals surface area contributed by atoms with E-state index in [-0.39, 0.29) is 0 Å². The number of anilines is 3. The molecule has 2 heteroatoms. The highest BCUT2D eigenvalue weighted by Gasteiger charge is 2.18. The van der Waals surface area contributed by atoms with Crippen molar-refractivity contribution in [2.24, 2.45) is 0 Å². The molecule has 0 unspecified atom stereocenters. The Labute approximate surface area is 181 Å². The summed E-state index contributed by atoms with van der Waals surface area (Å²) in [7, 11) is 0. The molecule has 0 bridgehead atoms. The van der Waals surface area contributed by atoms with Gasteiger partial charge in [-0.2, -0.15) is 0 Å². The molecule has 0 aliphatic carbocycles. The smallest absolute Gasteiger partial charge is 0.0540 e. The summed E-state index contributed by atoms with van der Waals surface area (Å²) < 4.78 is 0. The van der Waals surface area contributed by atoms with Crippen molar-refractivity contribution in [3.05, 3.63) is 126 Å². The molecule has 0 spiro atoms. The molecule has 0 aromatic heterocycles. The summed E-state index contributed by atoms with van der Waals surface area (Å²) >= 11 is 6.41. The van der Waals surface area contributed by atoms with Gasteiger partial charge in [-0.15, -0.1) is 0 Å². The summed E-state index contributed by atoms with van der Waals surface area (Å²) in [5.41, 5.74) is 5.62. The number of benzene rings is 5. The summed E-state index contributed by atoms with van der Waals surface area (Å²) in [4.78, 5) is 2.30. The molecule has 0 saturated carbocycles. The standard InChI is InChI=1S/C28H20ClN/c29-23-14-9-15-24(20-23)30(28-19-8-13-22-12-4-5-16-26(22)28)27-18-7-6-17-25(27)21-10-2-1-3-11-21/h1-20H. The molecule has 0 atom stereocenters. The number of nitrogens with zero attached hydrogens (tertiary/aromatic N) is 1. The van der Waals surface area contributed by atoms with Gasteiger partial charge in [-0.25, -0.2) is 0 Å². The number of hydrogen-bond acceptors (Lipinski definition) is 1. The van der Waals surface area contributed by atoms with E-state index in [4.69, 9.17) is 11.6 Å². The van der Waals surface area contributed by atoms with Gasteiger partial charge in [0.25, 0.3) is 0 Å². The van der Waals surface area contributed by atoms with E-state index in [1.54, 1.807) is 0 Å². The van der Waals surface area contributed by atoms with Crippen molar-refractivity contribution in [1.82, 2.24) is 0 Å². The molecule has 144 valence electrons. The highest BCUT2D eigenvalue weighted by atomic mass is 35.5. The van der Waals surface area contributed by atoms with Crippen molar-refractivity contribution < 1.29 is 0 Å². The fraction of sp³-hybridized carbons (Fsp3) is 0. The fourth-order valence-corrected chi connectivity index (χ4v) is 4.14. The summed E-state index contributed by atoms with van der Waals surface area (Å²) in [5, 5.41) is 3.12. The van der Waals surface area contributed by atoms with Crippen molar-refractivity contribution in [2.75, 3.05) is 4.90 Å². The van der Waals surface area contributed by atoms with E-state index in [2.05, 4.69) is 102 Å². The van der Waals surface area contributed by atoms with Crippen molar-refractivity contribution in [3.63, 3.8) is 0 Å². The Morgan fingerprint density at radius 2 is 1.20 bits per heavy atom. The number of halogens is 1. The van der Waals surface area contributed by atoms with E-state index in [0.717, 1.165) is 22.1 Å². The first kappa shape index (κ1) is 18.5. The molecule has 0 radical (unpaired) electrons. The van der Waals surface area contributed by atoms with E-state index >= 15 is 0 Å². The third-order valence-electron chi connectivity index (χ3n) is 5.30. The highest BCUT2D eigenvalue weighted by Crippen LogP contribution is 2.43. The second kappa shape index (κ2) is 8.06. The van der Waals surface area contributed by atoms with Crippen LogP contribution in [0.4, 0.5) is 17.1 Å². The van der Waals surface area contributed by atoms with Gasteiger partial charge in [0.2, 0.25) is 0 Å². The lowest BCUT2D eigenvalue weighted by atomic mass is 10.0. The summed E-state index contributed by atoms with van der Waals surface area (Å²) in [5.74, 6) is 0. The Morgan fingerprint density at radius 1 is 0.533 bits per heavy atom. The fourth-order valence-electron chi connectivity index (χ4n) is 3.96. The number of fused-ring (bicyclic) bond motifs is 1. The van der Waals surface area contributed by atoms with E-state index < -0.39 is 0 Å². The molecule has 0 N–H and O–H groups in total. The van der Waals surface area contributed by atoms with Gasteiger partial charge in [0.15, 0.2) is 0 Å². The van der Waals surface area contributed by atoms with Gasteiger partial charge >= 0.3 is 0 Å². The molecule has 0 amide bonds. The van der Waals surface area contributed by atoms with E-state index in [9.17, 15) is 0 Å². The zero-order valence-electron chi connectivity index (χ0n) is 16.4. The van der Waals surface area contributed by atoms with Crippen molar-refractivity contribution in [1.29, 1.82) is 0 Å². The lowest BCUT2D eigenvalue weighted by Crippen LogP contribution is -2.11. The Morgan fingerprint density at radius 3 is 2.07 bits per heavy atom. The van der Waals surface area contributed by atoms with Gasteiger partial charge in [-0.3, -0.25) is 0 Å². The van der Waals surface area contributed by atoms with Crippen LogP contribution in [0.25, 0.3) is 21.9 Å². The number of para-hydroxylation sites is 1. The summed E-state index contributed by atoms with van der Waals surface area (Å²) in [6.07, 6.45) is 0. The first-order valence-corrected chi connectivity index (χ1v) is 10.4. The molecule has 5 rings (SSSR count). The predicted octanol–water partition coefficient (Wildman–Crippen LogP) is 8.63. The summed E-state index contributed by atoms with van der Waals surface area (Å²) in [6, 6.07) is 42.0. The molecule has 0 saturated heterocycles. The minimum absolute atomic E-state index is 0.718. The van der Waals surface area contributed by atoms with Crippen LogP contribution in [0.5, 0.6) is 0 Å². The molecular formula is C28H20ClN. The first-order chi connectivity index (χ1) is 14.8. The predicted molar refractivity (Wildman–Crippen MR) is 129 cm³/mol. The van der Waals surface area contributed by atoms with Gasteiger partial charge < -0.3 is 4.90 Å². The van der Waals surface area contributed by atoms with Crippen molar-refractivity contribution >= 4 is 39.4 Å². The SMILES string of the molecule is Clc1cccc(N(c2ccccc2-c2ccccc2)c2cccc3ccccc23)c1. The second-order valence-electron chi connectivity index (χ2n) is 7.20. The zero-order valence-corrected chi connectivity index (χ0v) is 17.1. The third kappa shape index (κ3) is 3.45. The minimum Gasteiger partial charge on any atom is -0.309 e. The van der Waals surface area contributed by atoms with Gasteiger partial charge in [-0.1, -0.05) is 103 Å². The average Bonchev–Trinajstić information content (AvgIpc) is 2.80. The van der Waals surface area contributed by atoms with Crippen LogP contribution in [0.1, 0.15) is 0 Å². The molecule has 1 nitrogen and oxygen atoms in total. The normalized spacial score (nSPS) is 10.8. The monoisotopic (exact) mass is 405 g/mol.